The molecule has 98 valence electrons. The minimum absolute atomic E-state index is 0.00491. The summed E-state index contributed by atoms with van der Waals surface area (Å²) in [5.74, 6) is -2.02. The molecule has 2 nitrogen and oxygen atoms in total. The molecule has 0 bridgehead atoms. The van der Waals surface area contributed by atoms with E-state index in [0.717, 1.165) is 12.1 Å². The molecule has 0 amide bonds. The van der Waals surface area contributed by atoms with Gasteiger partial charge in [0, 0.05) is 5.56 Å². The molecule has 19 heavy (non-hydrogen) atoms. The van der Waals surface area contributed by atoms with Gasteiger partial charge in [0.25, 0.3) is 0 Å². The third-order valence-corrected chi connectivity index (χ3v) is 2.91. The number of benzene rings is 2. The van der Waals surface area contributed by atoms with E-state index < -0.39 is 17.4 Å². The highest BCUT2D eigenvalue weighted by Crippen LogP contribution is 2.25. The Kier molecular flexibility index (Phi) is 3.81. The zero-order valence-electron chi connectivity index (χ0n) is 9.91. The van der Waals surface area contributed by atoms with E-state index in [1.165, 1.54) is 31.4 Å². The van der Waals surface area contributed by atoms with Gasteiger partial charge in [-0.1, -0.05) is 17.7 Å². The third kappa shape index (κ3) is 2.58. The Bertz CT molecular complexity index is 641. The molecule has 5 heteroatoms. The summed E-state index contributed by atoms with van der Waals surface area (Å²) in [4.78, 5) is 12.2. The van der Waals surface area contributed by atoms with Gasteiger partial charge in [0.15, 0.2) is 5.78 Å². The summed E-state index contributed by atoms with van der Waals surface area (Å²) in [6.07, 6.45) is 0. The van der Waals surface area contributed by atoms with Crippen LogP contribution in [0.15, 0.2) is 36.4 Å². The summed E-state index contributed by atoms with van der Waals surface area (Å²) in [6.45, 7) is 0. The Balaban J connectivity index is 2.52. The Morgan fingerprint density at radius 2 is 1.89 bits per heavy atom. The van der Waals surface area contributed by atoms with Crippen LogP contribution in [0.2, 0.25) is 5.02 Å². The van der Waals surface area contributed by atoms with Crippen molar-refractivity contribution in [1.82, 2.24) is 0 Å². The SMILES string of the molecule is COc1cccc(F)c1C(=O)c1ccc(Cl)c(F)c1. The van der Waals surface area contributed by atoms with Gasteiger partial charge in [-0.3, -0.25) is 4.79 Å². The molecule has 0 aromatic heterocycles. The molecule has 0 radical (unpaired) electrons. The predicted octanol–water partition coefficient (Wildman–Crippen LogP) is 3.86. The summed E-state index contributed by atoms with van der Waals surface area (Å²) < 4.78 is 32.0. The Hall–Kier alpha value is -1.94. The third-order valence-electron chi connectivity index (χ3n) is 2.60. The fraction of sp³-hybridized carbons (Fsp3) is 0.0714. The minimum Gasteiger partial charge on any atom is -0.496 e. The average molecular weight is 283 g/mol. The number of halogens is 3. The van der Waals surface area contributed by atoms with Crippen LogP contribution in [0, 0.1) is 11.6 Å². The molecule has 0 heterocycles. The van der Waals surface area contributed by atoms with Gasteiger partial charge in [0.05, 0.1) is 12.1 Å². The fourth-order valence-electron chi connectivity index (χ4n) is 1.68. The minimum atomic E-state index is -0.733. The largest absolute Gasteiger partial charge is 0.496 e. The molecule has 0 saturated carbocycles. The monoisotopic (exact) mass is 282 g/mol. The smallest absolute Gasteiger partial charge is 0.199 e. The van der Waals surface area contributed by atoms with Gasteiger partial charge in [0.1, 0.15) is 22.9 Å². The number of methoxy groups -OCH3 is 1. The first kappa shape index (κ1) is 13.5. The number of carbonyl (C=O) groups excluding carboxylic acids is 1. The fourth-order valence-corrected chi connectivity index (χ4v) is 1.79. The second-order valence-corrected chi connectivity index (χ2v) is 4.18. The van der Waals surface area contributed by atoms with Gasteiger partial charge in [0.2, 0.25) is 0 Å². The lowest BCUT2D eigenvalue weighted by molar-refractivity contribution is 0.103. The Labute approximate surface area is 113 Å². The molecule has 0 aliphatic rings. The van der Waals surface area contributed by atoms with Crippen molar-refractivity contribution in [2.45, 2.75) is 0 Å². The summed E-state index contributed by atoms with van der Waals surface area (Å²) in [7, 11) is 1.33. The first-order chi connectivity index (χ1) is 9.04. The summed E-state index contributed by atoms with van der Waals surface area (Å²) in [5.41, 5.74) is -0.225. The lowest BCUT2D eigenvalue weighted by Gasteiger charge is -2.08. The molecule has 0 atom stereocenters. The number of ether oxygens (including phenoxy) is 1. The first-order valence-electron chi connectivity index (χ1n) is 5.37. The standard InChI is InChI=1S/C14H9ClF2O2/c1-19-12-4-2-3-10(16)13(12)14(18)8-5-6-9(15)11(17)7-8/h2-7H,1H3. The van der Waals surface area contributed by atoms with E-state index in [0.29, 0.717) is 0 Å². The molecular weight excluding hydrogens is 274 g/mol. The molecule has 0 aliphatic carbocycles. The second kappa shape index (κ2) is 5.36. The van der Waals surface area contributed by atoms with Gasteiger partial charge in [-0.2, -0.15) is 0 Å². The van der Waals surface area contributed by atoms with Gasteiger partial charge in [-0.05, 0) is 30.3 Å². The van der Waals surface area contributed by atoms with E-state index in [2.05, 4.69) is 0 Å². The van der Waals surface area contributed by atoms with E-state index in [9.17, 15) is 13.6 Å². The highest BCUT2D eigenvalue weighted by molar-refractivity contribution is 6.30. The zero-order chi connectivity index (χ0) is 14.0. The maximum atomic E-state index is 13.7. The van der Waals surface area contributed by atoms with E-state index in [-0.39, 0.29) is 21.9 Å². The van der Waals surface area contributed by atoms with Crippen molar-refractivity contribution in [2.24, 2.45) is 0 Å². The van der Waals surface area contributed by atoms with Crippen molar-refractivity contribution < 1.29 is 18.3 Å². The maximum Gasteiger partial charge on any atom is 0.199 e. The lowest BCUT2D eigenvalue weighted by Crippen LogP contribution is -2.07. The van der Waals surface area contributed by atoms with Crippen LogP contribution >= 0.6 is 11.6 Å². The molecule has 0 unspecified atom stereocenters. The topological polar surface area (TPSA) is 26.3 Å². The maximum absolute atomic E-state index is 13.7. The number of hydrogen-bond donors (Lipinski definition) is 0. The van der Waals surface area contributed by atoms with Crippen molar-refractivity contribution in [3.63, 3.8) is 0 Å². The summed E-state index contributed by atoms with van der Waals surface area (Å²) in [5, 5.41) is -0.1000. The number of ketones is 1. The molecule has 0 saturated heterocycles. The second-order valence-electron chi connectivity index (χ2n) is 3.78. The highest BCUT2D eigenvalue weighted by Gasteiger charge is 2.20. The normalized spacial score (nSPS) is 10.3. The van der Waals surface area contributed by atoms with Gasteiger partial charge in [-0.25, -0.2) is 8.78 Å². The van der Waals surface area contributed by atoms with E-state index in [1.54, 1.807) is 0 Å². The molecule has 2 aromatic rings. The van der Waals surface area contributed by atoms with Crippen molar-refractivity contribution in [2.75, 3.05) is 7.11 Å². The van der Waals surface area contributed by atoms with Crippen LogP contribution in [-0.2, 0) is 0 Å². The van der Waals surface area contributed by atoms with Crippen LogP contribution in [0.25, 0.3) is 0 Å². The van der Waals surface area contributed by atoms with Gasteiger partial charge >= 0.3 is 0 Å². The Morgan fingerprint density at radius 3 is 2.53 bits per heavy atom. The molecular formula is C14H9ClF2O2. The molecule has 0 fully saturated rings. The molecule has 2 aromatic carbocycles. The summed E-state index contributed by atoms with van der Waals surface area (Å²) in [6, 6.07) is 7.58. The van der Waals surface area contributed by atoms with Crippen LogP contribution in [0.1, 0.15) is 15.9 Å². The molecule has 0 aliphatic heterocycles. The van der Waals surface area contributed by atoms with Crippen molar-refractivity contribution in [3.05, 3.63) is 64.2 Å². The van der Waals surface area contributed by atoms with Crippen LogP contribution in [0.5, 0.6) is 5.75 Å². The first-order valence-corrected chi connectivity index (χ1v) is 5.74. The summed E-state index contributed by atoms with van der Waals surface area (Å²) >= 11 is 5.54. The van der Waals surface area contributed by atoms with Gasteiger partial charge in [-0.15, -0.1) is 0 Å². The number of rotatable bonds is 3. The molecule has 0 N–H and O–H groups in total. The quantitative estimate of drug-likeness (QED) is 0.799. The molecule has 2 rings (SSSR count). The van der Waals surface area contributed by atoms with E-state index in [4.69, 9.17) is 16.3 Å². The van der Waals surface area contributed by atoms with Crippen molar-refractivity contribution in [1.29, 1.82) is 0 Å². The van der Waals surface area contributed by atoms with Gasteiger partial charge < -0.3 is 4.74 Å². The van der Waals surface area contributed by atoms with E-state index >= 15 is 0 Å². The zero-order valence-corrected chi connectivity index (χ0v) is 10.7. The Morgan fingerprint density at radius 1 is 1.16 bits per heavy atom. The van der Waals surface area contributed by atoms with Crippen LogP contribution < -0.4 is 4.74 Å². The van der Waals surface area contributed by atoms with Crippen LogP contribution in [0.3, 0.4) is 0 Å². The van der Waals surface area contributed by atoms with Crippen molar-refractivity contribution >= 4 is 17.4 Å². The predicted molar refractivity (Wildman–Crippen MR) is 67.8 cm³/mol. The number of hydrogen-bond acceptors (Lipinski definition) is 2. The molecule has 0 spiro atoms. The van der Waals surface area contributed by atoms with Crippen LogP contribution in [-0.4, -0.2) is 12.9 Å². The number of carbonyl (C=O) groups is 1. The average Bonchev–Trinajstić information content (AvgIpc) is 2.40. The van der Waals surface area contributed by atoms with E-state index in [1.807, 2.05) is 0 Å². The van der Waals surface area contributed by atoms with Crippen molar-refractivity contribution in [3.8, 4) is 5.75 Å². The van der Waals surface area contributed by atoms with Crippen LogP contribution in [0.4, 0.5) is 8.78 Å². The highest BCUT2D eigenvalue weighted by atomic mass is 35.5. The lowest BCUT2D eigenvalue weighted by atomic mass is 10.0.